The van der Waals surface area contributed by atoms with Gasteiger partial charge in [0.05, 0.1) is 19.3 Å². The Morgan fingerprint density at radius 3 is 3.13 bits per heavy atom. The second kappa shape index (κ2) is 6.95. The molecule has 1 aliphatic carbocycles. The minimum Gasteiger partial charge on any atom is -0.378 e. The van der Waals surface area contributed by atoms with Crippen molar-refractivity contribution < 1.29 is 4.74 Å². The molecule has 5 nitrogen and oxygen atoms in total. The average Bonchev–Trinajstić information content (AvgIpc) is 3.29. The van der Waals surface area contributed by atoms with Crippen molar-refractivity contribution in [1.82, 2.24) is 14.9 Å². The Labute approximate surface area is 140 Å². The van der Waals surface area contributed by atoms with Gasteiger partial charge in [0.15, 0.2) is 0 Å². The van der Waals surface area contributed by atoms with Crippen LogP contribution in [-0.4, -0.2) is 41.2 Å². The molecule has 0 amide bonds. The fraction of sp³-hybridized carbons (Fsp3) is 0.529. The van der Waals surface area contributed by atoms with Crippen molar-refractivity contribution in [2.24, 2.45) is 5.92 Å². The molecule has 0 unspecified atom stereocenters. The number of anilines is 1. The molecule has 1 saturated carbocycles. The topological polar surface area (TPSA) is 50.3 Å². The van der Waals surface area contributed by atoms with E-state index < -0.39 is 0 Å². The Balaban J connectivity index is 1.48. The first-order chi connectivity index (χ1) is 11.4. The molecule has 0 spiro atoms. The van der Waals surface area contributed by atoms with Crippen molar-refractivity contribution in [2.45, 2.75) is 25.4 Å². The molecule has 0 bridgehead atoms. The first-order valence-corrected chi connectivity index (χ1v) is 9.22. The van der Waals surface area contributed by atoms with Gasteiger partial charge in [0.1, 0.15) is 11.6 Å². The van der Waals surface area contributed by atoms with Gasteiger partial charge in [0.2, 0.25) is 0 Å². The van der Waals surface area contributed by atoms with Gasteiger partial charge in [0.25, 0.3) is 0 Å². The van der Waals surface area contributed by atoms with Crippen LogP contribution in [0, 0.1) is 5.92 Å². The third-order valence-electron chi connectivity index (χ3n) is 4.45. The van der Waals surface area contributed by atoms with Crippen LogP contribution in [0.4, 0.5) is 5.82 Å². The minimum atomic E-state index is 0.131. The monoisotopic (exact) mass is 330 g/mol. The van der Waals surface area contributed by atoms with Gasteiger partial charge in [-0.05, 0) is 47.2 Å². The normalized spacial score (nSPS) is 22.2. The lowest BCUT2D eigenvalue weighted by atomic mass is 10.2. The highest BCUT2D eigenvalue weighted by Gasteiger charge is 2.27. The third-order valence-corrected chi connectivity index (χ3v) is 5.18. The molecule has 2 aromatic heterocycles. The molecule has 122 valence electrons. The highest BCUT2D eigenvalue weighted by Crippen LogP contribution is 2.29. The van der Waals surface area contributed by atoms with E-state index in [1.54, 1.807) is 11.3 Å². The number of aromatic nitrogens is 2. The van der Waals surface area contributed by atoms with Gasteiger partial charge in [-0.2, -0.15) is 11.3 Å². The summed E-state index contributed by atoms with van der Waals surface area (Å²) >= 11 is 1.74. The summed E-state index contributed by atoms with van der Waals surface area (Å²) in [5.74, 6) is 2.63. The largest absolute Gasteiger partial charge is 0.378 e. The van der Waals surface area contributed by atoms with Gasteiger partial charge in [-0.1, -0.05) is 0 Å². The summed E-state index contributed by atoms with van der Waals surface area (Å²) in [7, 11) is 0. The third kappa shape index (κ3) is 3.88. The maximum absolute atomic E-state index is 5.69. The second-order valence-corrected chi connectivity index (χ2v) is 7.10. The summed E-state index contributed by atoms with van der Waals surface area (Å²) in [5, 5.41) is 7.78. The van der Waals surface area contributed by atoms with Crippen LogP contribution >= 0.6 is 11.3 Å². The Bertz CT molecular complexity index is 629. The van der Waals surface area contributed by atoms with E-state index in [9.17, 15) is 0 Å². The first kappa shape index (κ1) is 15.1. The maximum Gasteiger partial charge on any atom is 0.150 e. The smallest absolute Gasteiger partial charge is 0.150 e. The highest BCUT2D eigenvalue weighted by molar-refractivity contribution is 7.07. The summed E-state index contributed by atoms with van der Waals surface area (Å²) in [6.45, 7) is 4.32. The summed E-state index contributed by atoms with van der Waals surface area (Å²) in [5.41, 5.74) is 1.35. The standard InChI is InChI=1S/C17H22N4OS/c1-2-13(1)9-19-16-3-5-18-17(20-16)15-11-22-7-6-21(15)10-14-4-8-23-12-14/h3-5,8,12-13,15H,1-2,6-7,9-11H2,(H,18,19,20)/t15-/m0/s1. The zero-order chi connectivity index (χ0) is 15.5. The number of rotatable bonds is 6. The van der Waals surface area contributed by atoms with E-state index in [2.05, 4.69) is 32.0 Å². The maximum atomic E-state index is 5.69. The number of nitrogens with one attached hydrogen (secondary N) is 1. The van der Waals surface area contributed by atoms with Crippen LogP contribution in [0.2, 0.25) is 0 Å². The molecule has 4 rings (SSSR count). The van der Waals surface area contributed by atoms with Crippen molar-refractivity contribution in [2.75, 3.05) is 31.6 Å². The van der Waals surface area contributed by atoms with E-state index in [1.807, 2.05) is 12.3 Å². The molecule has 1 saturated heterocycles. The van der Waals surface area contributed by atoms with Crippen molar-refractivity contribution in [1.29, 1.82) is 0 Å². The van der Waals surface area contributed by atoms with Gasteiger partial charge >= 0.3 is 0 Å². The number of thiophene rings is 1. The lowest BCUT2D eigenvalue weighted by Crippen LogP contribution is -2.39. The zero-order valence-electron chi connectivity index (χ0n) is 13.1. The Hall–Kier alpha value is -1.50. The molecular weight excluding hydrogens is 308 g/mol. The van der Waals surface area contributed by atoms with Crippen molar-refractivity contribution in [3.63, 3.8) is 0 Å². The SMILES string of the molecule is c1cc(NCC2CC2)nc([C@@H]2COCCN2Cc2ccsc2)n1. The Morgan fingerprint density at radius 1 is 1.35 bits per heavy atom. The lowest BCUT2D eigenvalue weighted by molar-refractivity contribution is -0.0158. The molecule has 1 N–H and O–H groups in total. The van der Waals surface area contributed by atoms with Gasteiger partial charge in [0, 0.05) is 25.8 Å². The number of nitrogens with zero attached hydrogens (tertiary/aromatic N) is 3. The molecule has 2 aromatic rings. The van der Waals surface area contributed by atoms with Crippen LogP contribution in [0.5, 0.6) is 0 Å². The molecule has 1 aliphatic heterocycles. The lowest BCUT2D eigenvalue weighted by Gasteiger charge is -2.34. The van der Waals surface area contributed by atoms with E-state index in [4.69, 9.17) is 9.72 Å². The fourth-order valence-electron chi connectivity index (χ4n) is 2.89. The van der Waals surface area contributed by atoms with E-state index in [1.165, 1.54) is 18.4 Å². The van der Waals surface area contributed by atoms with Crippen molar-refractivity contribution in [3.8, 4) is 0 Å². The molecule has 2 aliphatic rings. The van der Waals surface area contributed by atoms with Crippen LogP contribution in [0.1, 0.15) is 30.3 Å². The summed E-state index contributed by atoms with van der Waals surface area (Å²) in [6, 6.07) is 4.27. The molecule has 1 atom stereocenters. The molecule has 0 aromatic carbocycles. The summed E-state index contributed by atoms with van der Waals surface area (Å²) in [6.07, 6.45) is 4.54. The predicted molar refractivity (Wildman–Crippen MR) is 91.5 cm³/mol. The summed E-state index contributed by atoms with van der Waals surface area (Å²) in [4.78, 5) is 11.7. The number of morpholine rings is 1. The van der Waals surface area contributed by atoms with Crippen LogP contribution < -0.4 is 5.32 Å². The second-order valence-electron chi connectivity index (χ2n) is 6.32. The molecule has 0 radical (unpaired) electrons. The zero-order valence-corrected chi connectivity index (χ0v) is 14.0. The van der Waals surface area contributed by atoms with E-state index >= 15 is 0 Å². The minimum absolute atomic E-state index is 0.131. The van der Waals surface area contributed by atoms with E-state index in [0.717, 1.165) is 43.8 Å². The summed E-state index contributed by atoms with van der Waals surface area (Å²) < 4.78 is 5.69. The predicted octanol–water partition coefficient (Wildman–Crippen LogP) is 2.93. The van der Waals surface area contributed by atoms with Gasteiger partial charge in [-0.25, -0.2) is 9.97 Å². The number of hydrogen-bond acceptors (Lipinski definition) is 6. The van der Waals surface area contributed by atoms with Crippen molar-refractivity contribution >= 4 is 17.2 Å². The molecule has 3 heterocycles. The average molecular weight is 330 g/mol. The molecule has 2 fully saturated rings. The van der Waals surface area contributed by atoms with E-state index in [-0.39, 0.29) is 6.04 Å². The number of hydrogen-bond donors (Lipinski definition) is 1. The number of ether oxygens (including phenoxy) is 1. The molecular formula is C17H22N4OS. The van der Waals surface area contributed by atoms with Crippen LogP contribution in [0.3, 0.4) is 0 Å². The van der Waals surface area contributed by atoms with Crippen LogP contribution in [0.25, 0.3) is 0 Å². The van der Waals surface area contributed by atoms with Crippen LogP contribution in [-0.2, 0) is 11.3 Å². The highest BCUT2D eigenvalue weighted by atomic mass is 32.1. The van der Waals surface area contributed by atoms with Gasteiger partial charge < -0.3 is 10.1 Å². The molecule has 6 heteroatoms. The van der Waals surface area contributed by atoms with Gasteiger partial charge in [-0.15, -0.1) is 0 Å². The van der Waals surface area contributed by atoms with Crippen molar-refractivity contribution in [3.05, 3.63) is 40.5 Å². The van der Waals surface area contributed by atoms with E-state index in [0.29, 0.717) is 6.61 Å². The fourth-order valence-corrected chi connectivity index (χ4v) is 3.55. The Morgan fingerprint density at radius 2 is 2.30 bits per heavy atom. The Kier molecular flexibility index (Phi) is 4.55. The first-order valence-electron chi connectivity index (χ1n) is 8.28. The van der Waals surface area contributed by atoms with Gasteiger partial charge in [-0.3, -0.25) is 4.90 Å². The van der Waals surface area contributed by atoms with Crippen LogP contribution in [0.15, 0.2) is 29.1 Å². The quantitative estimate of drug-likeness (QED) is 0.882. The molecule has 23 heavy (non-hydrogen) atoms.